The molecule has 0 radical (unpaired) electrons. The number of hydrogen-bond donors (Lipinski definition) is 1. The lowest BCUT2D eigenvalue weighted by atomic mass is 9.67. The summed E-state index contributed by atoms with van der Waals surface area (Å²) in [6.45, 7) is 4.36. The second-order valence-corrected chi connectivity index (χ2v) is 8.56. The standard InChI is InChI=1S/C22H20ClN3O/c1-21(2)15-11-12-22(21,20(27)24-14-9-7-13(23)8-10-14)19-18(15)25-16-5-3-4-6-17(16)26-19/h3-10,15H,11-12H2,1-2H3,(H,24,27). The Morgan fingerprint density at radius 1 is 1.07 bits per heavy atom. The number of para-hydroxylation sites is 2. The first-order chi connectivity index (χ1) is 12.9. The van der Waals surface area contributed by atoms with Crippen LogP contribution in [-0.4, -0.2) is 15.9 Å². The number of fused-ring (bicyclic) bond motifs is 6. The average molecular weight is 378 g/mol. The van der Waals surface area contributed by atoms with Gasteiger partial charge in [-0.25, -0.2) is 9.97 Å². The van der Waals surface area contributed by atoms with Crippen molar-refractivity contribution in [2.75, 3.05) is 5.32 Å². The van der Waals surface area contributed by atoms with Gasteiger partial charge in [0.05, 0.1) is 27.8 Å². The minimum absolute atomic E-state index is 0.000605. The molecule has 2 unspecified atom stereocenters. The number of amides is 1. The van der Waals surface area contributed by atoms with Crippen molar-refractivity contribution in [3.05, 3.63) is 64.9 Å². The Morgan fingerprint density at radius 2 is 1.74 bits per heavy atom. The smallest absolute Gasteiger partial charge is 0.237 e. The summed E-state index contributed by atoms with van der Waals surface area (Å²) in [6.07, 6.45) is 1.76. The molecule has 0 aliphatic heterocycles. The van der Waals surface area contributed by atoms with Crippen molar-refractivity contribution in [1.29, 1.82) is 0 Å². The SMILES string of the molecule is CC1(C)C2CCC1(C(=O)Nc1ccc(Cl)cc1)c1nc3ccccc3nc12. The molecule has 136 valence electrons. The monoisotopic (exact) mass is 377 g/mol. The van der Waals surface area contributed by atoms with Crippen LogP contribution in [-0.2, 0) is 10.2 Å². The maximum absolute atomic E-state index is 13.6. The Labute approximate surface area is 163 Å². The third-order valence-electron chi connectivity index (χ3n) is 6.60. The molecule has 1 fully saturated rings. The van der Waals surface area contributed by atoms with Gasteiger partial charge in [-0.15, -0.1) is 0 Å². The summed E-state index contributed by atoms with van der Waals surface area (Å²) in [6, 6.07) is 15.1. The predicted octanol–water partition coefficient (Wildman–Crippen LogP) is 5.08. The molecule has 3 aromatic rings. The third-order valence-corrected chi connectivity index (χ3v) is 6.85. The Kier molecular flexibility index (Phi) is 3.41. The van der Waals surface area contributed by atoms with Gasteiger partial charge < -0.3 is 5.32 Å². The van der Waals surface area contributed by atoms with Crippen LogP contribution >= 0.6 is 11.6 Å². The van der Waals surface area contributed by atoms with Crippen molar-refractivity contribution in [1.82, 2.24) is 9.97 Å². The molecular weight excluding hydrogens is 358 g/mol. The van der Waals surface area contributed by atoms with E-state index in [4.69, 9.17) is 21.6 Å². The van der Waals surface area contributed by atoms with E-state index in [9.17, 15) is 4.79 Å². The number of nitrogens with one attached hydrogen (secondary N) is 1. The zero-order valence-corrected chi connectivity index (χ0v) is 16.0. The van der Waals surface area contributed by atoms with Crippen molar-refractivity contribution in [2.45, 2.75) is 38.0 Å². The largest absolute Gasteiger partial charge is 0.325 e. The quantitative estimate of drug-likeness (QED) is 0.677. The number of halogens is 1. The fraction of sp³-hybridized carbons (Fsp3) is 0.318. The average Bonchev–Trinajstić information content (AvgIpc) is 3.03. The highest BCUT2D eigenvalue weighted by atomic mass is 35.5. The molecule has 0 spiro atoms. The van der Waals surface area contributed by atoms with E-state index in [1.54, 1.807) is 12.1 Å². The number of nitrogens with zero attached hydrogens (tertiary/aromatic N) is 2. The van der Waals surface area contributed by atoms with Gasteiger partial charge in [0, 0.05) is 16.6 Å². The van der Waals surface area contributed by atoms with Gasteiger partial charge in [-0.1, -0.05) is 37.6 Å². The van der Waals surface area contributed by atoms with Crippen LogP contribution in [0.25, 0.3) is 11.0 Å². The Morgan fingerprint density at radius 3 is 2.44 bits per heavy atom. The topological polar surface area (TPSA) is 54.9 Å². The molecule has 2 aliphatic carbocycles. The van der Waals surface area contributed by atoms with Gasteiger partial charge in [0.2, 0.25) is 5.91 Å². The molecule has 2 aromatic carbocycles. The fourth-order valence-corrected chi connectivity index (χ4v) is 5.22. The first kappa shape index (κ1) is 16.7. The molecule has 2 atom stereocenters. The minimum Gasteiger partial charge on any atom is -0.325 e. The molecule has 1 N–H and O–H groups in total. The molecule has 1 aromatic heterocycles. The Bertz CT molecular complexity index is 1080. The van der Waals surface area contributed by atoms with Crippen LogP contribution in [0.2, 0.25) is 5.02 Å². The molecule has 0 saturated heterocycles. The highest BCUT2D eigenvalue weighted by Gasteiger charge is 2.67. The van der Waals surface area contributed by atoms with Crippen LogP contribution < -0.4 is 5.32 Å². The van der Waals surface area contributed by atoms with Crippen LogP contribution in [0.1, 0.15) is 44.0 Å². The molecular formula is C22H20ClN3O. The van der Waals surface area contributed by atoms with Gasteiger partial charge >= 0.3 is 0 Å². The molecule has 4 nitrogen and oxygen atoms in total. The van der Waals surface area contributed by atoms with Crippen LogP contribution in [0, 0.1) is 5.41 Å². The maximum atomic E-state index is 13.6. The van der Waals surface area contributed by atoms with Gasteiger partial charge in [-0.05, 0) is 54.7 Å². The van der Waals surface area contributed by atoms with Crippen molar-refractivity contribution >= 4 is 34.2 Å². The summed E-state index contributed by atoms with van der Waals surface area (Å²) in [5, 5.41) is 3.76. The van der Waals surface area contributed by atoms with E-state index >= 15 is 0 Å². The van der Waals surface area contributed by atoms with Gasteiger partial charge in [0.1, 0.15) is 0 Å². The Balaban J connectivity index is 1.65. The molecule has 2 aliphatic rings. The van der Waals surface area contributed by atoms with Crippen molar-refractivity contribution in [3.63, 3.8) is 0 Å². The summed E-state index contributed by atoms with van der Waals surface area (Å²) in [4.78, 5) is 23.4. The summed E-state index contributed by atoms with van der Waals surface area (Å²) in [5.41, 5.74) is 3.45. The van der Waals surface area contributed by atoms with E-state index in [-0.39, 0.29) is 17.2 Å². The maximum Gasteiger partial charge on any atom is 0.237 e. The molecule has 1 amide bonds. The summed E-state index contributed by atoms with van der Waals surface area (Å²) in [5.74, 6) is 0.251. The fourth-order valence-electron chi connectivity index (χ4n) is 5.10. The zero-order chi connectivity index (χ0) is 18.8. The zero-order valence-electron chi connectivity index (χ0n) is 15.3. The van der Waals surface area contributed by atoms with Crippen molar-refractivity contribution < 1.29 is 4.79 Å². The molecule has 5 rings (SSSR count). The number of carbonyl (C=O) groups excluding carboxylic acids is 1. The highest BCUT2D eigenvalue weighted by Crippen LogP contribution is 2.67. The second kappa shape index (κ2) is 5.52. The van der Waals surface area contributed by atoms with Crippen LogP contribution in [0.5, 0.6) is 0 Å². The number of anilines is 1. The first-order valence-electron chi connectivity index (χ1n) is 9.28. The number of hydrogen-bond acceptors (Lipinski definition) is 3. The summed E-state index contributed by atoms with van der Waals surface area (Å²) >= 11 is 5.97. The van der Waals surface area contributed by atoms with Gasteiger partial charge in [0.15, 0.2) is 0 Å². The van der Waals surface area contributed by atoms with E-state index in [1.165, 1.54) is 0 Å². The van der Waals surface area contributed by atoms with E-state index in [2.05, 4.69) is 19.2 Å². The van der Waals surface area contributed by atoms with Crippen molar-refractivity contribution in [2.24, 2.45) is 5.41 Å². The highest BCUT2D eigenvalue weighted by molar-refractivity contribution is 6.30. The second-order valence-electron chi connectivity index (χ2n) is 8.13. The van der Waals surface area contributed by atoms with E-state index in [0.29, 0.717) is 5.02 Å². The molecule has 1 heterocycles. The van der Waals surface area contributed by atoms with Crippen molar-refractivity contribution in [3.8, 4) is 0 Å². The lowest BCUT2D eigenvalue weighted by Crippen LogP contribution is -2.46. The van der Waals surface area contributed by atoms with Gasteiger partial charge in [-0.2, -0.15) is 0 Å². The van der Waals surface area contributed by atoms with E-state index in [1.807, 2.05) is 36.4 Å². The van der Waals surface area contributed by atoms with E-state index < -0.39 is 5.41 Å². The summed E-state index contributed by atoms with van der Waals surface area (Å²) in [7, 11) is 0. The van der Waals surface area contributed by atoms with Crippen LogP contribution in [0.3, 0.4) is 0 Å². The number of aromatic nitrogens is 2. The molecule has 27 heavy (non-hydrogen) atoms. The summed E-state index contributed by atoms with van der Waals surface area (Å²) < 4.78 is 0. The molecule has 2 bridgehead atoms. The Hall–Kier alpha value is -2.46. The lowest BCUT2D eigenvalue weighted by molar-refractivity contribution is -0.124. The number of carbonyl (C=O) groups is 1. The molecule has 5 heteroatoms. The van der Waals surface area contributed by atoms with E-state index in [0.717, 1.165) is 41.0 Å². The third kappa shape index (κ3) is 2.13. The normalized spacial score (nSPS) is 24.8. The number of benzene rings is 2. The lowest BCUT2D eigenvalue weighted by Gasteiger charge is -2.36. The first-order valence-corrected chi connectivity index (χ1v) is 9.65. The predicted molar refractivity (Wildman–Crippen MR) is 107 cm³/mol. The van der Waals surface area contributed by atoms with Gasteiger partial charge in [0.25, 0.3) is 0 Å². The van der Waals surface area contributed by atoms with Crippen LogP contribution in [0.15, 0.2) is 48.5 Å². The van der Waals surface area contributed by atoms with Gasteiger partial charge in [-0.3, -0.25) is 4.79 Å². The van der Waals surface area contributed by atoms with Crippen LogP contribution in [0.4, 0.5) is 5.69 Å². The number of rotatable bonds is 2. The minimum atomic E-state index is -0.663. The molecule has 1 saturated carbocycles.